The maximum Gasteiger partial charge on any atom is 0.229 e. The number of hydrogen-bond donors (Lipinski definition) is 1. The lowest BCUT2D eigenvalue weighted by atomic mass is 10.1. The standard InChI is InChI=1S/C13H23N3O3/c1-13(2,17-3)12-15-11(19-16-12)6-9-18-10-4-7-14-8-5-10/h10,14H,4-9H2,1-3H3. The van der Waals surface area contributed by atoms with E-state index in [2.05, 4.69) is 15.5 Å². The molecule has 0 saturated carbocycles. The Bertz CT molecular complexity index is 386. The Hall–Kier alpha value is -0.980. The molecule has 1 aromatic heterocycles. The molecule has 19 heavy (non-hydrogen) atoms. The molecule has 0 unspecified atom stereocenters. The first-order valence-corrected chi connectivity index (χ1v) is 6.82. The van der Waals surface area contributed by atoms with Crippen LogP contribution in [0.1, 0.15) is 38.4 Å². The molecule has 1 aliphatic heterocycles. The molecule has 1 fully saturated rings. The van der Waals surface area contributed by atoms with Gasteiger partial charge in [0.15, 0.2) is 0 Å². The van der Waals surface area contributed by atoms with Gasteiger partial charge in [0.1, 0.15) is 5.60 Å². The molecule has 0 atom stereocenters. The Morgan fingerprint density at radius 2 is 2.11 bits per heavy atom. The molecule has 0 bridgehead atoms. The van der Waals surface area contributed by atoms with Crippen LogP contribution < -0.4 is 5.32 Å². The monoisotopic (exact) mass is 269 g/mol. The van der Waals surface area contributed by atoms with E-state index in [9.17, 15) is 0 Å². The highest BCUT2D eigenvalue weighted by atomic mass is 16.5. The molecule has 1 saturated heterocycles. The second-order valence-corrected chi connectivity index (χ2v) is 5.30. The van der Waals surface area contributed by atoms with Crippen LogP contribution in [0, 0.1) is 0 Å². The first-order chi connectivity index (χ1) is 9.12. The number of ether oxygens (including phenoxy) is 2. The normalized spacial score (nSPS) is 17.8. The van der Waals surface area contributed by atoms with E-state index in [-0.39, 0.29) is 0 Å². The zero-order valence-corrected chi connectivity index (χ0v) is 11.9. The Kier molecular flexibility index (Phi) is 4.90. The summed E-state index contributed by atoms with van der Waals surface area (Å²) in [5.74, 6) is 1.18. The van der Waals surface area contributed by atoms with Gasteiger partial charge in [0.05, 0.1) is 19.1 Å². The molecule has 0 spiro atoms. The van der Waals surface area contributed by atoms with Gasteiger partial charge < -0.3 is 19.3 Å². The van der Waals surface area contributed by atoms with E-state index >= 15 is 0 Å². The van der Waals surface area contributed by atoms with Gasteiger partial charge in [-0.15, -0.1) is 0 Å². The topological polar surface area (TPSA) is 69.4 Å². The molecule has 1 N–H and O–H groups in total. The van der Waals surface area contributed by atoms with Crippen LogP contribution in [-0.4, -0.2) is 43.1 Å². The first kappa shape index (κ1) is 14.4. The minimum Gasteiger partial charge on any atom is -0.378 e. The molecule has 2 heterocycles. The maximum atomic E-state index is 5.81. The maximum absolute atomic E-state index is 5.81. The van der Waals surface area contributed by atoms with Crippen molar-refractivity contribution in [1.82, 2.24) is 15.5 Å². The van der Waals surface area contributed by atoms with E-state index < -0.39 is 5.60 Å². The average molecular weight is 269 g/mol. The number of rotatable bonds is 6. The highest BCUT2D eigenvalue weighted by molar-refractivity contribution is 4.97. The lowest BCUT2D eigenvalue weighted by Gasteiger charge is -2.22. The molecule has 6 nitrogen and oxygen atoms in total. The van der Waals surface area contributed by atoms with E-state index in [1.54, 1.807) is 7.11 Å². The highest BCUT2D eigenvalue weighted by Gasteiger charge is 2.26. The average Bonchev–Trinajstić information content (AvgIpc) is 2.90. The van der Waals surface area contributed by atoms with E-state index in [1.807, 2.05) is 13.8 Å². The van der Waals surface area contributed by atoms with Crippen molar-refractivity contribution in [3.8, 4) is 0 Å². The minimum atomic E-state index is -0.516. The Balaban J connectivity index is 1.77. The van der Waals surface area contributed by atoms with E-state index in [0.29, 0.717) is 30.8 Å². The lowest BCUT2D eigenvalue weighted by Crippen LogP contribution is -2.32. The van der Waals surface area contributed by atoms with E-state index in [4.69, 9.17) is 14.0 Å². The molecular formula is C13H23N3O3. The van der Waals surface area contributed by atoms with Crippen molar-refractivity contribution in [2.75, 3.05) is 26.8 Å². The number of nitrogens with one attached hydrogen (secondary N) is 1. The molecule has 0 amide bonds. The molecular weight excluding hydrogens is 246 g/mol. The Morgan fingerprint density at radius 3 is 2.79 bits per heavy atom. The predicted octanol–water partition coefficient (Wildman–Crippen LogP) is 1.26. The quantitative estimate of drug-likeness (QED) is 0.838. The minimum absolute atomic E-state index is 0.360. The first-order valence-electron chi connectivity index (χ1n) is 6.82. The van der Waals surface area contributed by atoms with Gasteiger partial charge in [0, 0.05) is 7.11 Å². The SMILES string of the molecule is COC(C)(C)c1noc(CCOC2CCNCC2)n1. The van der Waals surface area contributed by atoms with Gasteiger partial charge in [-0.25, -0.2) is 0 Å². The molecule has 1 aromatic rings. The summed E-state index contributed by atoms with van der Waals surface area (Å²) in [5.41, 5.74) is -0.516. The molecule has 6 heteroatoms. The zero-order chi connectivity index (χ0) is 13.7. The van der Waals surface area contributed by atoms with Crippen LogP contribution in [0.25, 0.3) is 0 Å². The number of aromatic nitrogens is 2. The third-order valence-electron chi connectivity index (χ3n) is 3.47. The van der Waals surface area contributed by atoms with Gasteiger partial charge in [-0.2, -0.15) is 4.98 Å². The number of methoxy groups -OCH3 is 1. The van der Waals surface area contributed by atoms with Gasteiger partial charge >= 0.3 is 0 Å². The van der Waals surface area contributed by atoms with Crippen molar-refractivity contribution in [3.05, 3.63) is 11.7 Å². The zero-order valence-electron chi connectivity index (χ0n) is 11.9. The van der Waals surface area contributed by atoms with Crippen molar-refractivity contribution in [2.24, 2.45) is 0 Å². The summed E-state index contributed by atoms with van der Waals surface area (Å²) in [6.07, 6.45) is 3.16. The van der Waals surface area contributed by atoms with Gasteiger partial charge in [0.25, 0.3) is 0 Å². The van der Waals surface area contributed by atoms with Crippen molar-refractivity contribution >= 4 is 0 Å². The second kappa shape index (κ2) is 6.45. The number of piperidine rings is 1. The molecule has 2 rings (SSSR count). The van der Waals surface area contributed by atoms with Crippen LogP contribution in [0.5, 0.6) is 0 Å². The third-order valence-corrected chi connectivity index (χ3v) is 3.47. The van der Waals surface area contributed by atoms with Gasteiger partial charge in [0.2, 0.25) is 11.7 Å². The fraction of sp³-hybridized carbons (Fsp3) is 0.846. The van der Waals surface area contributed by atoms with Crippen molar-refractivity contribution in [1.29, 1.82) is 0 Å². The summed E-state index contributed by atoms with van der Waals surface area (Å²) in [7, 11) is 1.64. The Morgan fingerprint density at radius 1 is 1.37 bits per heavy atom. The van der Waals surface area contributed by atoms with Crippen LogP contribution in [-0.2, 0) is 21.5 Å². The summed E-state index contributed by atoms with van der Waals surface area (Å²) < 4.78 is 16.3. The summed E-state index contributed by atoms with van der Waals surface area (Å²) in [6, 6.07) is 0. The molecule has 0 radical (unpaired) electrons. The number of hydrogen-bond acceptors (Lipinski definition) is 6. The van der Waals surface area contributed by atoms with Crippen LogP contribution in [0.4, 0.5) is 0 Å². The van der Waals surface area contributed by atoms with Crippen LogP contribution in [0.2, 0.25) is 0 Å². The molecule has 0 aromatic carbocycles. The summed E-state index contributed by atoms with van der Waals surface area (Å²) in [5, 5.41) is 7.26. The fourth-order valence-electron chi connectivity index (χ4n) is 1.97. The second-order valence-electron chi connectivity index (χ2n) is 5.30. The summed E-state index contributed by atoms with van der Waals surface area (Å²) >= 11 is 0. The third kappa shape index (κ3) is 3.99. The van der Waals surface area contributed by atoms with Crippen LogP contribution in [0.3, 0.4) is 0 Å². The summed E-state index contributed by atoms with van der Waals surface area (Å²) in [6.45, 7) is 6.52. The van der Waals surface area contributed by atoms with Gasteiger partial charge in [-0.05, 0) is 39.8 Å². The van der Waals surface area contributed by atoms with Crippen LogP contribution in [0.15, 0.2) is 4.52 Å². The van der Waals surface area contributed by atoms with Crippen molar-refractivity contribution < 1.29 is 14.0 Å². The predicted molar refractivity (Wildman–Crippen MR) is 69.9 cm³/mol. The smallest absolute Gasteiger partial charge is 0.229 e. The van der Waals surface area contributed by atoms with Crippen molar-refractivity contribution in [3.63, 3.8) is 0 Å². The Labute approximate surface area is 113 Å². The lowest BCUT2D eigenvalue weighted by molar-refractivity contribution is 0.00973. The van der Waals surface area contributed by atoms with Crippen molar-refractivity contribution in [2.45, 2.75) is 44.8 Å². The molecule has 1 aliphatic rings. The molecule has 108 valence electrons. The van der Waals surface area contributed by atoms with Gasteiger partial charge in [-0.1, -0.05) is 5.16 Å². The fourth-order valence-corrected chi connectivity index (χ4v) is 1.97. The van der Waals surface area contributed by atoms with Crippen LogP contribution >= 0.6 is 0 Å². The van der Waals surface area contributed by atoms with Gasteiger partial charge in [-0.3, -0.25) is 0 Å². The van der Waals surface area contributed by atoms with E-state index in [1.165, 1.54) is 0 Å². The largest absolute Gasteiger partial charge is 0.378 e. The molecule has 0 aliphatic carbocycles. The van der Waals surface area contributed by atoms with E-state index in [0.717, 1.165) is 25.9 Å². The highest BCUT2D eigenvalue weighted by Crippen LogP contribution is 2.20. The number of nitrogens with zero attached hydrogens (tertiary/aromatic N) is 2. The summed E-state index contributed by atoms with van der Waals surface area (Å²) in [4.78, 5) is 4.34.